The zero-order chi connectivity index (χ0) is 11.5. The first-order valence-corrected chi connectivity index (χ1v) is 7.01. The first-order valence-electron chi connectivity index (χ1n) is 5.93. The number of ether oxygens (including phenoxy) is 1. The number of rotatable bonds is 1. The standard InChI is InChI=1S/C13H13IN2O/c14-11-1-2-12-10(11)3-9(4-15-12)16-5-13(6-16)7-17-8-13/h1,3-4H,2,5-8H2. The number of anilines is 1. The van der Waals surface area contributed by atoms with E-state index in [1.807, 2.05) is 6.20 Å². The molecule has 0 radical (unpaired) electrons. The monoisotopic (exact) mass is 340 g/mol. The van der Waals surface area contributed by atoms with Crippen LogP contribution in [0.3, 0.4) is 0 Å². The van der Waals surface area contributed by atoms with Crippen LogP contribution in [0.4, 0.5) is 5.69 Å². The van der Waals surface area contributed by atoms with E-state index < -0.39 is 0 Å². The number of hydrogen-bond acceptors (Lipinski definition) is 3. The Morgan fingerprint density at radius 1 is 1.35 bits per heavy atom. The second kappa shape index (κ2) is 3.45. The molecule has 3 heterocycles. The molecule has 1 spiro atoms. The van der Waals surface area contributed by atoms with Gasteiger partial charge in [-0.1, -0.05) is 6.08 Å². The lowest BCUT2D eigenvalue weighted by molar-refractivity contribution is -0.127. The van der Waals surface area contributed by atoms with Gasteiger partial charge in [0, 0.05) is 28.7 Å². The van der Waals surface area contributed by atoms with Crippen LogP contribution in [0, 0.1) is 5.41 Å². The van der Waals surface area contributed by atoms with Gasteiger partial charge in [-0.2, -0.15) is 0 Å². The number of halogens is 1. The summed E-state index contributed by atoms with van der Waals surface area (Å²) in [5.74, 6) is 0. The molecule has 0 atom stereocenters. The van der Waals surface area contributed by atoms with E-state index >= 15 is 0 Å². The van der Waals surface area contributed by atoms with E-state index in [0.717, 1.165) is 32.7 Å². The highest BCUT2D eigenvalue weighted by Crippen LogP contribution is 2.41. The number of nitrogens with zero attached hydrogens (tertiary/aromatic N) is 2. The van der Waals surface area contributed by atoms with Gasteiger partial charge in [0.05, 0.1) is 36.2 Å². The number of allylic oxidation sites excluding steroid dienone is 1. The van der Waals surface area contributed by atoms with Crippen molar-refractivity contribution in [3.05, 3.63) is 29.6 Å². The second-order valence-corrected chi connectivity index (χ2v) is 6.46. The maximum Gasteiger partial charge on any atom is 0.0579 e. The molecule has 2 saturated heterocycles. The molecule has 0 amide bonds. The van der Waals surface area contributed by atoms with E-state index in [1.165, 1.54) is 20.5 Å². The number of pyridine rings is 1. The maximum atomic E-state index is 5.30. The Labute approximate surface area is 114 Å². The maximum absolute atomic E-state index is 5.30. The highest BCUT2D eigenvalue weighted by Gasteiger charge is 2.49. The molecule has 88 valence electrons. The molecule has 0 aromatic carbocycles. The summed E-state index contributed by atoms with van der Waals surface area (Å²) in [6.07, 6.45) is 5.26. The Kier molecular flexibility index (Phi) is 2.09. The summed E-state index contributed by atoms with van der Waals surface area (Å²) in [5.41, 5.74) is 4.29. The third-order valence-corrected chi connectivity index (χ3v) is 4.94. The Hall–Kier alpha value is -0.620. The lowest BCUT2D eigenvalue weighted by Crippen LogP contribution is -2.66. The number of fused-ring (bicyclic) bond motifs is 1. The van der Waals surface area contributed by atoms with Crippen LogP contribution in [0.5, 0.6) is 0 Å². The fourth-order valence-electron chi connectivity index (χ4n) is 2.84. The number of hydrogen-bond donors (Lipinski definition) is 0. The van der Waals surface area contributed by atoms with Crippen LogP contribution in [0.1, 0.15) is 11.3 Å². The largest absolute Gasteiger partial charge is 0.380 e. The van der Waals surface area contributed by atoms with Gasteiger partial charge in [-0.3, -0.25) is 4.98 Å². The highest BCUT2D eigenvalue weighted by atomic mass is 127. The van der Waals surface area contributed by atoms with Crippen molar-refractivity contribution in [2.75, 3.05) is 31.2 Å². The molecule has 4 rings (SSSR count). The van der Waals surface area contributed by atoms with Crippen molar-refractivity contribution in [3.8, 4) is 0 Å². The Morgan fingerprint density at radius 2 is 2.18 bits per heavy atom. The normalized spacial score (nSPS) is 24.1. The molecule has 1 aliphatic carbocycles. The highest BCUT2D eigenvalue weighted by molar-refractivity contribution is 14.1. The summed E-state index contributed by atoms with van der Waals surface area (Å²) in [6, 6.07) is 2.29. The molecule has 0 N–H and O–H groups in total. The van der Waals surface area contributed by atoms with Crippen LogP contribution in [0.2, 0.25) is 0 Å². The molecular weight excluding hydrogens is 327 g/mol. The van der Waals surface area contributed by atoms with Crippen molar-refractivity contribution >= 4 is 31.9 Å². The van der Waals surface area contributed by atoms with Gasteiger partial charge in [0.1, 0.15) is 0 Å². The molecular formula is C13H13IN2O. The van der Waals surface area contributed by atoms with Crippen molar-refractivity contribution in [3.63, 3.8) is 0 Å². The molecule has 1 aromatic heterocycles. The Morgan fingerprint density at radius 3 is 2.88 bits per heavy atom. The summed E-state index contributed by atoms with van der Waals surface area (Å²) in [7, 11) is 0. The summed E-state index contributed by atoms with van der Waals surface area (Å²) in [6.45, 7) is 4.15. The predicted molar refractivity (Wildman–Crippen MR) is 75.4 cm³/mol. The van der Waals surface area contributed by atoms with Gasteiger partial charge in [0.15, 0.2) is 0 Å². The first kappa shape index (κ1) is 10.3. The van der Waals surface area contributed by atoms with Crippen molar-refractivity contribution < 1.29 is 4.74 Å². The molecule has 3 aliphatic rings. The van der Waals surface area contributed by atoms with Crippen LogP contribution >= 0.6 is 22.6 Å². The Bertz CT molecular complexity index is 514. The lowest BCUT2D eigenvalue weighted by atomic mass is 9.78. The van der Waals surface area contributed by atoms with Crippen molar-refractivity contribution in [1.29, 1.82) is 0 Å². The van der Waals surface area contributed by atoms with Crippen molar-refractivity contribution in [2.45, 2.75) is 6.42 Å². The molecule has 2 fully saturated rings. The SMILES string of the molecule is IC1=CCc2ncc(N3CC4(COC4)C3)cc21. The molecule has 0 unspecified atom stereocenters. The van der Waals surface area contributed by atoms with Crippen molar-refractivity contribution in [2.24, 2.45) is 5.41 Å². The van der Waals surface area contributed by atoms with Crippen LogP contribution < -0.4 is 4.90 Å². The third-order valence-electron chi connectivity index (χ3n) is 3.92. The topological polar surface area (TPSA) is 25.4 Å². The average Bonchev–Trinajstić information content (AvgIpc) is 2.57. The van der Waals surface area contributed by atoms with Gasteiger partial charge < -0.3 is 9.64 Å². The van der Waals surface area contributed by atoms with E-state index in [1.54, 1.807) is 0 Å². The van der Waals surface area contributed by atoms with Crippen LogP contribution in [0.25, 0.3) is 3.58 Å². The molecule has 2 aliphatic heterocycles. The minimum atomic E-state index is 0.474. The molecule has 1 aromatic rings. The molecule has 0 bridgehead atoms. The average molecular weight is 340 g/mol. The van der Waals surface area contributed by atoms with E-state index in [4.69, 9.17) is 4.74 Å². The fraction of sp³-hybridized carbons (Fsp3) is 0.462. The van der Waals surface area contributed by atoms with Crippen LogP contribution in [-0.2, 0) is 11.2 Å². The molecule has 0 saturated carbocycles. The van der Waals surface area contributed by atoms with E-state index in [2.05, 4.69) is 44.6 Å². The minimum absolute atomic E-state index is 0.474. The summed E-state index contributed by atoms with van der Waals surface area (Å²) in [5, 5.41) is 0. The first-order chi connectivity index (χ1) is 8.26. The Balaban J connectivity index is 1.59. The molecule has 4 heteroatoms. The number of aromatic nitrogens is 1. The predicted octanol–water partition coefficient (Wildman–Crippen LogP) is 2.25. The lowest BCUT2D eigenvalue weighted by Gasteiger charge is -2.55. The zero-order valence-electron chi connectivity index (χ0n) is 9.45. The minimum Gasteiger partial charge on any atom is -0.380 e. The van der Waals surface area contributed by atoms with E-state index in [0.29, 0.717) is 5.41 Å². The van der Waals surface area contributed by atoms with Gasteiger partial charge in [-0.05, 0) is 28.7 Å². The summed E-state index contributed by atoms with van der Waals surface area (Å²) >= 11 is 2.40. The summed E-state index contributed by atoms with van der Waals surface area (Å²) < 4.78 is 6.64. The van der Waals surface area contributed by atoms with E-state index in [9.17, 15) is 0 Å². The second-order valence-electron chi connectivity index (χ2n) is 5.29. The van der Waals surface area contributed by atoms with Gasteiger partial charge >= 0.3 is 0 Å². The van der Waals surface area contributed by atoms with Crippen LogP contribution in [-0.4, -0.2) is 31.3 Å². The van der Waals surface area contributed by atoms with Gasteiger partial charge in [0.25, 0.3) is 0 Å². The quantitative estimate of drug-likeness (QED) is 0.734. The van der Waals surface area contributed by atoms with Gasteiger partial charge in [-0.25, -0.2) is 0 Å². The fourth-order valence-corrected chi connectivity index (χ4v) is 3.53. The smallest absolute Gasteiger partial charge is 0.0579 e. The third kappa shape index (κ3) is 1.46. The molecule has 17 heavy (non-hydrogen) atoms. The summed E-state index contributed by atoms with van der Waals surface area (Å²) in [4.78, 5) is 6.99. The van der Waals surface area contributed by atoms with Gasteiger partial charge in [0.2, 0.25) is 0 Å². The van der Waals surface area contributed by atoms with Gasteiger partial charge in [-0.15, -0.1) is 0 Å². The zero-order valence-corrected chi connectivity index (χ0v) is 11.6. The van der Waals surface area contributed by atoms with Crippen LogP contribution in [0.15, 0.2) is 18.3 Å². The van der Waals surface area contributed by atoms with E-state index in [-0.39, 0.29) is 0 Å². The van der Waals surface area contributed by atoms with Crippen molar-refractivity contribution in [1.82, 2.24) is 4.98 Å². The molecule has 3 nitrogen and oxygen atoms in total.